The number of barbiturate groups is 1. The molecular formula is C24H18Cl2FN3O3. The molecule has 4 amide bonds. The van der Waals surface area contributed by atoms with E-state index in [9.17, 15) is 18.8 Å². The number of hydrogen-bond acceptors (Lipinski definition) is 3. The van der Waals surface area contributed by atoms with Crippen LogP contribution in [0.1, 0.15) is 22.5 Å². The maximum Gasteiger partial charge on any atom is 0.335 e. The van der Waals surface area contributed by atoms with Crippen molar-refractivity contribution in [2.75, 3.05) is 4.90 Å². The number of carbonyl (C=O) groups is 3. The molecule has 0 bridgehead atoms. The van der Waals surface area contributed by atoms with Gasteiger partial charge in [-0.15, -0.1) is 0 Å². The molecule has 2 heterocycles. The van der Waals surface area contributed by atoms with Crippen LogP contribution in [0.15, 0.2) is 48.0 Å². The number of nitrogens with one attached hydrogen (secondary N) is 1. The number of halogens is 3. The van der Waals surface area contributed by atoms with Crippen LogP contribution in [0, 0.1) is 26.6 Å². The Morgan fingerprint density at radius 1 is 0.909 bits per heavy atom. The standard InChI is InChI=1S/C24H18Cl2FN3O3/c1-12-4-5-17(10-19(12)25)30-23(32)18(22(31)28-24(30)33)9-15-8-13(2)29(14(15)3)16-6-7-21(27)20(26)11-16/h4-11H,1-3H3,(H,28,31,33)/b18-9-. The summed E-state index contributed by atoms with van der Waals surface area (Å²) in [6.45, 7) is 5.42. The van der Waals surface area contributed by atoms with Gasteiger partial charge in [0.1, 0.15) is 11.4 Å². The van der Waals surface area contributed by atoms with Gasteiger partial charge in [-0.25, -0.2) is 14.1 Å². The van der Waals surface area contributed by atoms with E-state index in [1.165, 1.54) is 24.3 Å². The van der Waals surface area contributed by atoms with Gasteiger partial charge in [0.25, 0.3) is 11.8 Å². The van der Waals surface area contributed by atoms with E-state index in [-0.39, 0.29) is 16.3 Å². The third-order valence-electron chi connectivity index (χ3n) is 5.45. The number of benzene rings is 2. The Labute approximate surface area is 199 Å². The fourth-order valence-electron chi connectivity index (χ4n) is 3.72. The summed E-state index contributed by atoms with van der Waals surface area (Å²) in [4.78, 5) is 39.0. The molecular weight excluding hydrogens is 468 g/mol. The molecule has 0 spiro atoms. The molecule has 4 rings (SSSR count). The van der Waals surface area contributed by atoms with E-state index < -0.39 is 23.7 Å². The van der Waals surface area contributed by atoms with Gasteiger partial charge in [0.2, 0.25) is 0 Å². The minimum absolute atomic E-state index is 0.0207. The summed E-state index contributed by atoms with van der Waals surface area (Å²) in [5.74, 6) is -2.09. The largest absolute Gasteiger partial charge is 0.335 e. The highest BCUT2D eigenvalue weighted by Gasteiger charge is 2.37. The Kier molecular flexibility index (Phi) is 5.86. The molecule has 0 atom stereocenters. The van der Waals surface area contributed by atoms with Crippen LogP contribution in [0.25, 0.3) is 11.8 Å². The molecule has 0 radical (unpaired) electrons. The Bertz CT molecular complexity index is 1380. The van der Waals surface area contributed by atoms with Crippen molar-refractivity contribution in [3.8, 4) is 5.69 Å². The van der Waals surface area contributed by atoms with Crippen LogP contribution in [-0.2, 0) is 9.59 Å². The van der Waals surface area contributed by atoms with E-state index in [2.05, 4.69) is 5.32 Å². The van der Waals surface area contributed by atoms with Crippen LogP contribution < -0.4 is 10.2 Å². The molecule has 168 valence electrons. The number of nitrogens with zero attached hydrogens (tertiary/aromatic N) is 2. The van der Waals surface area contributed by atoms with E-state index >= 15 is 0 Å². The number of hydrogen-bond donors (Lipinski definition) is 1. The van der Waals surface area contributed by atoms with Crippen LogP contribution in [-0.4, -0.2) is 22.4 Å². The lowest BCUT2D eigenvalue weighted by Gasteiger charge is -2.26. The van der Waals surface area contributed by atoms with Crippen molar-refractivity contribution in [1.29, 1.82) is 0 Å². The van der Waals surface area contributed by atoms with Crippen molar-refractivity contribution in [1.82, 2.24) is 9.88 Å². The van der Waals surface area contributed by atoms with Crippen LogP contribution >= 0.6 is 23.2 Å². The van der Waals surface area contributed by atoms with E-state index in [1.807, 2.05) is 11.5 Å². The van der Waals surface area contributed by atoms with Crippen molar-refractivity contribution >= 4 is 52.8 Å². The topological polar surface area (TPSA) is 71.4 Å². The summed E-state index contributed by atoms with van der Waals surface area (Å²) in [6, 6.07) is 10.0. The molecule has 0 saturated carbocycles. The molecule has 2 aromatic carbocycles. The zero-order valence-electron chi connectivity index (χ0n) is 17.9. The molecule has 1 aromatic heterocycles. The summed E-state index contributed by atoms with van der Waals surface area (Å²) < 4.78 is 15.4. The normalized spacial score (nSPS) is 15.4. The molecule has 0 unspecified atom stereocenters. The maximum atomic E-state index is 13.6. The molecule has 1 saturated heterocycles. The number of aromatic nitrogens is 1. The van der Waals surface area contributed by atoms with E-state index in [0.29, 0.717) is 22.0 Å². The van der Waals surface area contributed by atoms with Gasteiger partial charge in [-0.2, -0.15) is 0 Å². The smallest absolute Gasteiger partial charge is 0.318 e. The first-order chi connectivity index (χ1) is 15.6. The van der Waals surface area contributed by atoms with Gasteiger partial charge in [-0.1, -0.05) is 29.3 Å². The van der Waals surface area contributed by atoms with Crippen molar-refractivity contribution < 1.29 is 18.8 Å². The lowest BCUT2D eigenvalue weighted by atomic mass is 10.1. The number of urea groups is 1. The zero-order valence-corrected chi connectivity index (χ0v) is 19.4. The van der Waals surface area contributed by atoms with Gasteiger partial charge in [0, 0.05) is 22.1 Å². The average molecular weight is 486 g/mol. The Morgan fingerprint density at radius 2 is 1.58 bits per heavy atom. The first-order valence-corrected chi connectivity index (χ1v) is 10.7. The number of amides is 4. The Morgan fingerprint density at radius 3 is 2.24 bits per heavy atom. The molecule has 0 aliphatic carbocycles. The molecule has 3 aromatic rings. The highest BCUT2D eigenvalue weighted by Crippen LogP contribution is 2.29. The van der Waals surface area contributed by atoms with Gasteiger partial charge in [0.15, 0.2) is 0 Å². The van der Waals surface area contributed by atoms with Gasteiger partial charge in [-0.05, 0) is 74.4 Å². The quantitative estimate of drug-likeness (QED) is 0.392. The van der Waals surface area contributed by atoms with E-state index in [1.54, 1.807) is 38.1 Å². The van der Waals surface area contributed by atoms with Crippen molar-refractivity contribution in [2.45, 2.75) is 20.8 Å². The first kappa shape index (κ1) is 22.8. The van der Waals surface area contributed by atoms with Gasteiger partial charge in [0.05, 0.1) is 10.7 Å². The SMILES string of the molecule is Cc1ccc(N2C(=O)NC(=O)/C(=C/c3cc(C)n(-c4ccc(F)c(Cl)c4)c3C)C2=O)cc1Cl. The Hall–Kier alpha value is -3.42. The number of anilines is 1. The molecule has 6 nitrogen and oxygen atoms in total. The van der Waals surface area contributed by atoms with E-state index in [4.69, 9.17) is 23.2 Å². The molecule has 1 aliphatic rings. The summed E-state index contributed by atoms with van der Waals surface area (Å²) in [5, 5.41) is 2.56. The summed E-state index contributed by atoms with van der Waals surface area (Å²) >= 11 is 12.1. The average Bonchev–Trinajstić information content (AvgIpc) is 3.03. The number of carbonyl (C=O) groups excluding carboxylic acids is 3. The number of imide groups is 2. The van der Waals surface area contributed by atoms with Crippen LogP contribution in [0.2, 0.25) is 10.0 Å². The van der Waals surface area contributed by atoms with Gasteiger partial charge in [-0.3, -0.25) is 14.9 Å². The van der Waals surface area contributed by atoms with Crippen LogP contribution in [0.4, 0.5) is 14.9 Å². The van der Waals surface area contributed by atoms with Crippen LogP contribution in [0.3, 0.4) is 0 Å². The van der Waals surface area contributed by atoms with E-state index in [0.717, 1.165) is 16.2 Å². The van der Waals surface area contributed by atoms with Crippen molar-refractivity contribution in [3.05, 3.63) is 86.4 Å². The lowest BCUT2D eigenvalue weighted by Crippen LogP contribution is -2.54. The minimum atomic E-state index is -0.853. The third kappa shape index (κ3) is 4.05. The predicted octanol–water partition coefficient (Wildman–Crippen LogP) is 5.51. The summed E-state index contributed by atoms with van der Waals surface area (Å²) in [7, 11) is 0. The third-order valence-corrected chi connectivity index (χ3v) is 6.14. The second-order valence-corrected chi connectivity index (χ2v) is 8.47. The molecule has 9 heteroatoms. The summed E-state index contributed by atoms with van der Waals surface area (Å²) in [6.07, 6.45) is 1.43. The Balaban J connectivity index is 1.77. The minimum Gasteiger partial charge on any atom is -0.318 e. The fourth-order valence-corrected chi connectivity index (χ4v) is 4.07. The van der Waals surface area contributed by atoms with Crippen LogP contribution in [0.5, 0.6) is 0 Å². The fraction of sp³-hybridized carbons (Fsp3) is 0.125. The highest BCUT2D eigenvalue weighted by atomic mass is 35.5. The van der Waals surface area contributed by atoms with Gasteiger partial charge >= 0.3 is 6.03 Å². The van der Waals surface area contributed by atoms with Gasteiger partial charge < -0.3 is 4.57 Å². The predicted molar refractivity (Wildman–Crippen MR) is 125 cm³/mol. The number of aryl methyl sites for hydroxylation is 2. The summed E-state index contributed by atoms with van der Waals surface area (Å²) in [5.41, 5.74) is 3.52. The number of rotatable bonds is 3. The zero-order chi connectivity index (χ0) is 24.0. The highest BCUT2D eigenvalue weighted by molar-refractivity contribution is 6.39. The molecule has 33 heavy (non-hydrogen) atoms. The first-order valence-electron chi connectivity index (χ1n) is 9.90. The molecule has 1 fully saturated rings. The second kappa shape index (κ2) is 8.50. The molecule has 1 aliphatic heterocycles. The van der Waals surface area contributed by atoms with Crippen molar-refractivity contribution in [2.24, 2.45) is 0 Å². The lowest BCUT2D eigenvalue weighted by molar-refractivity contribution is -0.122. The monoisotopic (exact) mass is 485 g/mol. The second-order valence-electron chi connectivity index (χ2n) is 7.65. The van der Waals surface area contributed by atoms with Crippen molar-refractivity contribution in [3.63, 3.8) is 0 Å². The molecule has 1 N–H and O–H groups in total. The maximum absolute atomic E-state index is 13.6.